The molecule has 8 nitrogen and oxygen atoms in total. The van der Waals surface area contributed by atoms with Crippen molar-refractivity contribution in [1.82, 2.24) is 9.91 Å². The maximum Gasteiger partial charge on any atom is 0.310 e. The summed E-state index contributed by atoms with van der Waals surface area (Å²) in [7, 11) is 3.23. The number of likely N-dealkylation sites (tertiary alicyclic amines) is 1. The number of piperidine rings is 1. The molecule has 36 heavy (non-hydrogen) atoms. The van der Waals surface area contributed by atoms with E-state index in [4.69, 9.17) is 19.3 Å². The Hall–Kier alpha value is -3.39. The van der Waals surface area contributed by atoms with E-state index in [0.29, 0.717) is 31.1 Å². The molecule has 2 aliphatic heterocycles. The Balaban J connectivity index is 1.59. The van der Waals surface area contributed by atoms with E-state index in [2.05, 4.69) is 12.1 Å². The predicted octanol–water partition coefficient (Wildman–Crippen LogP) is 3.97. The third kappa shape index (κ3) is 5.70. The van der Waals surface area contributed by atoms with E-state index < -0.39 is 0 Å². The third-order valence-electron chi connectivity index (χ3n) is 6.83. The normalized spacial score (nSPS) is 20.1. The molecule has 2 aromatic carbocycles. The Morgan fingerprint density at radius 3 is 2.56 bits per heavy atom. The summed E-state index contributed by atoms with van der Waals surface area (Å²) >= 11 is 0. The molecule has 8 heteroatoms. The van der Waals surface area contributed by atoms with Crippen molar-refractivity contribution in [2.75, 3.05) is 40.5 Å². The number of hydrogen-bond acceptors (Lipinski definition) is 7. The summed E-state index contributed by atoms with van der Waals surface area (Å²) in [6.07, 6.45) is 2.21. The van der Waals surface area contributed by atoms with E-state index in [1.54, 1.807) is 19.2 Å². The molecular formula is C28H35N3O5. The van der Waals surface area contributed by atoms with Crippen molar-refractivity contribution in [3.63, 3.8) is 0 Å². The smallest absolute Gasteiger partial charge is 0.310 e. The molecule has 1 fully saturated rings. The minimum atomic E-state index is -0.305. The molecule has 0 bridgehead atoms. The standard InChI is InChI=1S/C28H35N3O5/c1-5-36-28(33)21-7-6-14-30(17-21)18-27(32)31-25(23-13-12-22(34-3)15-26(23)35-4)16-24(29-31)20-10-8-19(2)9-11-20/h8-13,15,21,25H,5-7,14,16-18H2,1-4H3/t21-,25+/m0/s1. The van der Waals surface area contributed by atoms with E-state index in [9.17, 15) is 9.59 Å². The number of aryl methyl sites for hydroxylation is 1. The Labute approximate surface area is 212 Å². The van der Waals surface area contributed by atoms with Crippen LogP contribution in [0.15, 0.2) is 47.6 Å². The maximum absolute atomic E-state index is 13.6. The fraction of sp³-hybridized carbons (Fsp3) is 0.464. The van der Waals surface area contributed by atoms with Crippen molar-refractivity contribution in [3.05, 3.63) is 59.2 Å². The van der Waals surface area contributed by atoms with Crippen molar-refractivity contribution in [2.45, 2.75) is 39.2 Å². The van der Waals surface area contributed by atoms with Crippen molar-refractivity contribution in [1.29, 1.82) is 0 Å². The van der Waals surface area contributed by atoms with Crippen molar-refractivity contribution >= 4 is 17.6 Å². The first-order valence-electron chi connectivity index (χ1n) is 12.5. The highest BCUT2D eigenvalue weighted by molar-refractivity contribution is 6.03. The van der Waals surface area contributed by atoms with Crippen LogP contribution >= 0.6 is 0 Å². The first-order valence-corrected chi connectivity index (χ1v) is 12.5. The average Bonchev–Trinajstić information content (AvgIpc) is 3.34. The SMILES string of the molecule is CCOC(=O)[C@H]1CCCN(CC(=O)N2N=C(c3ccc(C)cc3)C[C@@H]2c2ccc(OC)cc2OC)C1. The predicted molar refractivity (Wildman–Crippen MR) is 137 cm³/mol. The number of amides is 1. The second kappa shape index (κ2) is 11.6. The summed E-state index contributed by atoms with van der Waals surface area (Å²) < 4.78 is 16.2. The highest BCUT2D eigenvalue weighted by Gasteiger charge is 2.36. The summed E-state index contributed by atoms with van der Waals surface area (Å²) in [5, 5.41) is 6.40. The largest absolute Gasteiger partial charge is 0.497 e. The molecule has 0 unspecified atom stereocenters. The van der Waals surface area contributed by atoms with Crippen molar-refractivity contribution in [3.8, 4) is 11.5 Å². The fourth-order valence-corrected chi connectivity index (χ4v) is 4.91. The van der Waals surface area contributed by atoms with Gasteiger partial charge in [-0.2, -0.15) is 5.10 Å². The molecule has 2 aliphatic rings. The topological polar surface area (TPSA) is 80.7 Å². The number of nitrogens with zero attached hydrogens (tertiary/aromatic N) is 3. The molecule has 192 valence electrons. The van der Waals surface area contributed by atoms with Gasteiger partial charge in [-0.1, -0.05) is 29.8 Å². The number of carbonyl (C=O) groups excluding carboxylic acids is 2. The lowest BCUT2D eigenvalue weighted by molar-refractivity contribution is -0.150. The molecule has 2 heterocycles. The van der Waals surface area contributed by atoms with Crippen LogP contribution in [0.4, 0.5) is 0 Å². The van der Waals surface area contributed by atoms with Crippen LogP contribution in [-0.2, 0) is 14.3 Å². The molecule has 0 spiro atoms. The van der Waals surface area contributed by atoms with Gasteiger partial charge in [0.05, 0.1) is 45.0 Å². The van der Waals surface area contributed by atoms with Gasteiger partial charge >= 0.3 is 5.97 Å². The van der Waals surface area contributed by atoms with Gasteiger partial charge in [0.15, 0.2) is 0 Å². The van der Waals surface area contributed by atoms with Crippen LogP contribution in [0.1, 0.15) is 48.9 Å². The van der Waals surface area contributed by atoms with Crippen LogP contribution in [0.3, 0.4) is 0 Å². The zero-order valence-corrected chi connectivity index (χ0v) is 21.5. The molecular weight excluding hydrogens is 458 g/mol. The van der Waals surface area contributed by atoms with Crippen LogP contribution < -0.4 is 9.47 Å². The third-order valence-corrected chi connectivity index (χ3v) is 6.83. The number of ether oxygens (including phenoxy) is 3. The van der Waals surface area contributed by atoms with E-state index in [1.165, 1.54) is 5.56 Å². The van der Waals surface area contributed by atoms with E-state index in [-0.39, 0.29) is 30.4 Å². The Morgan fingerprint density at radius 2 is 1.86 bits per heavy atom. The molecule has 2 atom stereocenters. The lowest BCUT2D eigenvalue weighted by atomic mass is 9.96. The van der Waals surface area contributed by atoms with Gasteiger partial charge in [-0.05, 0) is 50.9 Å². The number of methoxy groups -OCH3 is 2. The van der Waals surface area contributed by atoms with Crippen LogP contribution in [0, 0.1) is 12.8 Å². The van der Waals surface area contributed by atoms with Crippen LogP contribution in [0.2, 0.25) is 0 Å². The lowest BCUT2D eigenvalue weighted by Gasteiger charge is -2.32. The highest BCUT2D eigenvalue weighted by atomic mass is 16.5. The summed E-state index contributed by atoms with van der Waals surface area (Å²) in [5.74, 6) is 0.845. The molecule has 0 radical (unpaired) electrons. The molecule has 0 N–H and O–H groups in total. The van der Waals surface area contributed by atoms with Gasteiger partial charge in [0.2, 0.25) is 0 Å². The first kappa shape index (κ1) is 25.7. The molecule has 1 saturated heterocycles. The Morgan fingerprint density at radius 1 is 1.08 bits per heavy atom. The molecule has 4 rings (SSSR count). The summed E-state index contributed by atoms with van der Waals surface area (Å²) in [5.41, 5.74) is 3.89. The van der Waals surface area contributed by atoms with Gasteiger partial charge in [0, 0.05) is 24.6 Å². The minimum Gasteiger partial charge on any atom is -0.497 e. The van der Waals surface area contributed by atoms with Gasteiger partial charge in [-0.25, -0.2) is 5.01 Å². The quantitative estimate of drug-likeness (QED) is 0.518. The van der Waals surface area contributed by atoms with Crippen LogP contribution in [0.25, 0.3) is 0 Å². The van der Waals surface area contributed by atoms with Crippen LogP contribution in [0.5, 0.6) is 11.5 Å². The van der Waals surface area contributed by atoms with Gasteiger partial charge in [-0.3, -0.25) is 14.5 Å². The second-order valence-corrected chi connectivity index (χ2v) is 9.31. The Kier molecular flexibility index (Phi) is 8.25. The second-order valence-electron chi connectivity index (χ2n) is 9.31. The number of carbonyl (C=O) groups is 2. The maximum atomic E-state index is 13.6. The summed E-state index contributed by atoms with van der Waals surface area (Å²) in [4.78, 5) is 28.0. The molecule has 1 amide bonds. The fourth-order valence-electron chi connectivity index (χ4n) is 4.91. The van der Waals surface area contributed by atoms with E-state index in [0.717, 1.165) is 36.2 Å². The summed E-state index contributed by atoms with van der Waals surface area (Å²) in [6.45, 7) is 5.69. The highest BCUT2D eigenvalue weighted by Crippen LogP contribution is 2.39. The number of hydrazone groups is 1. The number of rotatable bonds is 8. The van der Waals surface area contributed by atoms with Gasteiger partial charge < -0.3 is 14.2 Å². The van der Waals surface area contributed by atoms with Crippen molar-refractivity contribution < 1.29 is 23.8 Å². The number of benzene rings is 2. The number of hydrogen-bond donors (Lipinski definition) is 0. The monoisotopic (exact) mass is 493 g/mol. The minimum absolute atomic E-state index is 0.107. The van der Waals surface area contributed by atoms with Crippen LogP contribution in [-0.4, -0.2) is 68.0 Å². The van der Waals surface area contributed by atoms with Gasteiger partial charge in [-0.15, -0.1) is 0 Å². The van der Waals surface area contributed by atoms with Crippen molar-refractivity contribution in [2.24, 2.45) is 11.0 Å². The van der Waals surface area contributed by atoms with Gasteiger partial charge in [0.1, 0.15) is 11.5 Å². The Bertz CT molecular complexity index is 1110. The molecule has 0 aromatic heterocycles. The number of esters is 1. The average molecular weight is 494 g/mol. The first-order chi connectivity index (χ1) is 17.4. The molecule has 0 aliphatic carbocycles. The zero-order chi connectivity index (χ0) is 25.7. The molecule has 2 aromatic rings. The van der Waals surface area contributed by atoms with Gasteiger partial charge in [0.25, 0.3) is 5.91 Å². The van der Waals surface area contributed by atoms with E-state index >= 15 is 0 Å². The zero-order valence-electron chi connectivity index (χ0n) is 21.5. The molecule has 0 saturated carbocycles. The lowest BCUT2D eigenvalue weighted by Crippen LogP contribution is -2.44. The van der Waals surface area contributed by atoms with E-state index in [1.807, 2.05) is 49.1 Å². The summed E-state index contributed by atoms with van der Waals surface area (Å²) in [6, 6.07) is 13.5.